The number of hydrogen-bond donors (Lipinski definition) is 1. The van der Waals surface area contributed by atoms with E-state index in [1.54, 1.807) is 6.08 Å². The summed E-state index contributed by atoms with van der Waals surface area (Å²) in [6.07, 6.45) is 2.43. The summed E-state index contributed by atoms with van der Waals surface area (Å²) in [6.45, 7) is 3.40. The molecular formula is C3H7OP. The number of hydrogen-bond acceptors (Lipinski definition) is 1. The van der Waals surface area contributed by atoms with E-state index in [1.807, 2.05) is 0 Å². The fourth-order valence-corrected chi connectivity index (χ4v) is 0.194. The molecule has 0 amide bonds. The van der Waals surface area contributed by atoms with Gasteiger partial charge >= 0.3 is 0 Å². The Labute approximate surface area is 33.6 Å². The summed E-state index contributed by atoms with van der Waals surface area (Å²) in [5.74, 6) is 0. The number of allylic oxidation sites excluding steroid dienone is 1. The molecule has 0 aliphatic carbocycles. The van der Waals surface area contributed by atoms with Gasteiger partial charge in [-0.05, 0) is 0 Å². The van der Waals surface area contributed by atoms with Crippen molar-refractivity contribution in [3.05, 3.63) is 12.7 Å². The summed E-state index contributed by atoms with van der Waals surface area (Å²) < 4.78 is 0. The first-order chi connectivity index (χ1) is 2.41. The van der Waals surface area contributed by atoms with Crippen molar-refractivity contribution in [3.63, 3.8) is 0 Å². The van der Waals surface area contributed by atoms with Crippen LogP contribution in [0.2, 0.25) is 0 Å². The van der Waals surface area contributed by atoms with Gasteiger partial charge in [-0.2, -0.15) is 0 Å². The Morgan fingerprint density at radius 1 is 2.00 bits per heavy atom. The van der Waals surface area contributed by atoms with Gasteiger partial charge in [0.15, 0.2) is 0 Å². The first-order valence-corrected chi connectivity index (χ1v) is 2.55. The van der Waals surface area contributed by atoms with Crippen LogP contribution in [0.5, 0.6) is 0 Å². The first kappa shape index (κ1) is 5.13. The van der Waals surface area contributed by atoms with Gasteiger partial charge in [0.25, 0.3) is 0 Å². The molecular weight excluding hydrogens is 83.0 g/mol. The van der Waals surface area contributed by atoms with E-state index >= 15 is 0 Å². The van der Waals surface area contributed by atoms with Crippen LogP contribution in [0.25, 0.3) is 0 Å². The Morgan fingerprint density at radius 3 is 2.60 bits per heavy atom. The van der Waals surface area contributed by atoms with Gasteiger partial charge in [0, 0.05) is 15.0 Å². The van der Waals surface area contributed by atoms with Crippen molar-refractivity contribution in [1.82, 2.24) is 0 Å². The molecule has 0 rings (SSSR count). The maximum absolute atomic E-state index is 8.02. The topological polar surface area (TPSA) is 20.2 Å². The molecule has 0 aromatic heterocycles. The smallest absolute Gasteiger partial charge is 0.0145 e. The summed E-state index contributed by atoms with van der Waals surface area (Å²) in [4.78, 5) is 8.02. The quantitative estimate of drug-likeness (QED) is 0.392. The van der Waals surface area contributed by atoms with Crippen LogP contribution in [0.4, 0.5) is 0 Å². The van der Waals surface area contributed by atoms with E-state index in [0.29, 0.717) is 0 Å². The highest BCUT2D eigenvalue weighted by atomic mass is 31.1. The van der Waals surface area contributed by atoms with E-state index in [1.165, 1.54) is 0 Å². The molecule has 5 heavy (non-hydrogen) atoms. The third kappa shape index (κ3) is 4.13. The summed E-state index contributed by atoms with van der Waals surface area (Å²) in [5.41, 5.74) is 0. The zero-order valence-corrected chi connectivity index (χ0v) is 3.94. The Kier molecular flexibility index (Phi) is 4.24. The Bertz CT molecular complexity index is 28.1. The van der Waals surface area contributed by atoms with Crippen LogP contribution in [0, 0.1) is 0 Å². The standard InChI is InChI=1S/C3H7OP/c1-2-3-5-4/h2,4-5H,1,3H2. The van der Waals surface area contributed by atoms with Crippen LogP contribution < -0.4 is 0 Å². The maximum Gasteiger partial charge on any atom is 0.0145 e. The lowest BCUT2D eigenvalue weighted by atomic mass is 10.8. The first-order valence-electron chi connectivity index (χ1n) is 1.39. The third-order valence-corrected chi connectivity index (χ3v) is 0.707. The van der Waals surface area contributed by atoms with E-state index in [4.69, 9.17) is 4.89 Å². The van der Waals surface area contributed by atoms with Gasteiger partial charge in [-0.15, -0.1) is 6.58 Å². The van der Waals surface area contributed by atoms with E-state index in [-0.39, 0.29) is 8.81 Å². The van der Waals surface area contributed by atoms with Crippen molar-refractivity contribution < 1.29 is 4.89 Å². The molecule has 0 heterocycles. The minimum Gasteiger partial charge on any atom is -0.377 e. The lowest BCUT2D eigenvalue weighted by molar-refractivity contribution is 0.648. The van der Waals surface area contributed by atoms with E-state index in [2.05, 4.69) is 6.58 Å². The van der Waals surface area contributed by atoms with Crippen molar-refractivity contribution in [3.8, 4) is 0 Å². The van der Waals surface area contributed by atoms with Crippen LogP contribution >= 0.6 is 8.81 Å². The van der Waals surface area contributed by atoms with Crippen molar-refractivity contribution in [1.29, 1.82) is 0 Å². The van der Waals surface area contributed by atoms with Crippen LogP contribution in [0.15, 0.2) is 12.7 Å². The number of rotatable bonds is 2. The molecule has 30 valence electrons. The maximum atomic E-state index is 8.02. The molecule has 0 aliphatic heterocycles. The summed E-state index contributed by atoms with van der Waals surface area (Å²) in [6, 6.07) is 0. The normalized spacial score (nSPS) is 9.80. The average Bonchev–Trinajstić information content (AvgIpc) is 1.41. The molecule has 2 heteroatoms. The lowest BCUT2D eigenvalue weighted by Crippen LogP contribution is -1.54. The second-order valence-corrected chi connectivity index (χ2v) is 1.38. The zero-order valence-electron chi connectivity index (χ0n) is 2.94. The second-order valence-electron chi connectivity index (χ2n) is 0.651. The molecule has 0 aromatic rings. The van der Waals surface area contributed by atoms with E-state index < -0.39 is 0 Å². The minimum atomic E-state index is 0.0397. The molecule has 1 atom stereocenters. The second kappa shape index (κ2) is 4.13. The predicted molar refractivity (Wildman–Crippen MR) is 25.6 cm³/mol. The SMILES string of the molecule is C=CCPO. The minimum absolute atomic E-state index is 0.0397. The average molecular weight is 90.1 g/mol. The molecule has 0 spiro atoms. The largest absolute Gasteiger partial charge is 0.377 e. The van der Waals surface area contributed by atoms with Crippen molar-refractivity contribution in [2.75, 3.05) is 6.16 Å². The highest BCUT2D eigenvalue weighted by molar-refractivity contribution is 7.31. The van der Waals surface area contributed by atoms with Crippen LogP contribution in [-0.2, 0) is 0 Å². The van der Waals surface area contributed by atoms with Crippen molar-refractivity contribution >= 4 is 8.81 Å². The Hall–Kier alpha value is 0.130. The van der Waals surface area contributed by atoms with Gasteiger partial charge in [0.05, 0.1) is 0 Å². The molecule has 0 saturated carbocycles. The fraction of sp³-hybridized carbons (Fsp3) is 0.333. The van der Waals surface area contributed by atoms with Gasteiger partial charge in [-0.1, -0.05) is 6.08 Å². The highest BCUT2D eigenvalue weighted by Gasteiger charge is 1.62. The van der Waals surface area contributed by atoms with Gasteiger partial charge < -0.3 is 4.89 Å². The van der Waals surface area contributed by atoms with Crippen LogP contribution in [-0.4, -0.2) is 11.1 Å². The molecule has 1 N–H and O–H groups in total. The van der Waals surface area contributed by atoms with Crippen LogP contribution in [0.3, 0.4) is 0 Å². The molecule has 0 fully saturated rings. The van der Waals surface area contributed by atoms with E-state index in [9.17, 15) is 0 Å². The van der Waals surface area contributed by atoms with Gasteiger partial charge in [-0.3, -0.25) is 0 Å². The molecule has 0 radical (unpaired) electrons. The molecule has 0 saturated heterocycles. The van der Waals surface area contributed by atoms with Gasteiger partial charge in [-0.25, -0.2) is 0 Å². The van der Waals surface area contributed by atoms with Crippen molar-refractivity contribution in [2.24, 2.45) is 0 Å². The van der Waals surface area contributed by atoms with Gasteiger partial charge in [0.2, 0.25) is 0 Å². The monoisotopic (exact) mass is 90.0 g/mol. The summed E-state index contributed by atoms with van der Waals surface area (Å²) in [7, 11) is 0.0397. The van der Waals surface area contributed by atoms with Crippen molar-refractivity contribution in [2.45, 2.75) is 0 Å². The molecule has 0 aromatic carbocycles. The fourth-order valence-electron chi connectivity index (χ4n) is 0.0645. The molecule has 1 nitrogen and oxygen atoms in total. The van der Waals surface area contributed by atoms with Crippen LogP contribution in [0.1, 0.15) is 0 Å². The third-order valence-electron chi connectivity index (χ3n) is 0.236. The molecule has 1 unspecified atom stereocenters. The highest BCUT2D eigenvalue weighted by Crippen LogP contribution is 1.97. The molecule has 0 aliphatic rings. The molecule has 0 bridgehead atoms. The lowest BCUT2D eigenvalue weighted by Gasteiger charge is -1.73. The summed E-state index contributed by atoms with van der Waals surface area (Å²) in [5, 5.41) is 0. The Balaban J connectivity index is 2.40. The van der Waals surface area contributed by atoms with Gasteiger partial charge in [0.1, 0.15) is 0 Å². The predicted octanol–water partition coefficient (Wildman–Crippen LogP) is 0.758. The Morgan fingerprint density at radius 2 is 2.60 bits per heavy atom. The zero-order chi connectivity index (χ0) is 4.12. The summed E-state index contributed by atoms with van der Waals surface area (Å²) >= 11 is 0. The van der Waals surface area contributed by atoms with E-state index in [0.717, 1.165) is 6.16 Å².